The van der Waals surface area contributed by atoms with E-state index >= 15 is 0 Å². The lowest BCUT2D eigenvalue weighted by Crippen LogP contribution is -2.31. The Hall–Kier alpha value is -0.310. The average molecular weight is 334 g/mol. The zero-order valence-corrected chi connectivity index (χ0v) is 12.5. The van der Waals surface area contributed by atoms with E-state index in [2.05, 4.69) is 5.32 Å². The minimum atomic E-state index is -5.43. The van der Waals surface area contributed by atoms with Crippen LogP contribution >= 0.6 is 15.2 Å². The van der Waals surface area contributed by atoms with Gasteiger partial charge in [-0.15, -0.1) is 0 Å². The van der Waals surface area contributed by atoms with Crippen LogP contribution < -0.4 is 11.1 Å². The van der Waals surface area contributed by atoms with Crippen LogP contribution in [0.4, 0.5) is 0 Å². The molecule has 0 aromatic carbocycles. The Balaban J connectivity index is 4.43. The van der Waals surface area contributed by atoms with E-state index in [0.717, 1.165) is 0 Å². The van der Waals surface area contributed by atoms with Crippen LogP contribution in [0.2, 0.25) is 0 Å². The standard InChI is InChI=1S/C8H20N2O8P2/c9-5-1-3-7(11)10-6-2-4-8(12,19(13,14)15)20(16,17)18/h12H,1-6,9H2,(H,10,11)(H2,13,14,15)(H2,16,17,18). The molecule has 0 rings (SSSR count). The second-order valence-corrected chi connectivity index (χ2v) is 8.22. The molecule has 10 nitrogen and oxygen atoms in total. The summed E-state index contributed by atoms with van der Waals surface area (Å²) in [6.45, 7) is 0.259. The first-order chi connectivity index (χ1) is 8.95. The summed E-state index contributed by atoms with van der Waals surface area (Å²) in [5.41, 5.74) is 5.20. The maximum Gasteiger partial charge on any atom is 0.369 e. The van der Waals surface area contributed by atoms with Gasteiger partial charge < -0.3 is 35.7 Å². The third-order valence-corrected chi connectivity index (χ3v) is 6.43. The van der Waals surface area contributed by atoms with Crippen LogP contribution in [0.1, 0.15) is 25.7 Å². The van der Waals surface area contributed by atoms with Gasteiger partial charge in [-0.1, -0.05) is 0 Å². The highest BCUT2D eigenvalue weighted by atomic mass is 31.2. The molecule has 0 aliphatic heterocycles. The normalized spacial score (nSPS) is 13.3. The van der Waals surface area contributed by atoms with Crippen molar-refractivity contribution < 1.29 is 38.6 Å². The molecule has 0 aliphatic rings. The molecule has 0 spiro atoms. The van der Waals surface area contributed by atoms with E-state index < -0.39 is 26.7 Å². The summed E-state index contributed by atoms with van der Waals surface area (Å²) in [7, 11) is -10.9. The van der Waals surface area contributed by atoms with Gasteiger partial charge in [-0.05, 0) is 19.4 Å². The molecule has 8 N–H and O–H groups in total. The zero-order valence-electron chi connectivity index (χ0n) is 10.7. The fraction of sp³-hybridized carbons (Fsp3) is 0.875. The van der Waals surface area contributed by atoms with Gasteiger partial charge in [-0.2, -0.15) is 0 Å². The van der Waals surface area contributed by atoms with Crippen LogP contribution in [0.25, 0.3) is 0 Å². The van der Waals surface area contributed by atoms with Crippen LogP contribution in [-0.4, -0.2) is 48.8 Å². The molecule has 0 aliphatic carbocycles. The molecule has 20 heavy (non-hydrogen) atoms. The number of aliphatic hydroxyl groups is 1. The summed E-state index contributed by atoms with van der Waals surface area (Å²) in [5, 5.41) is 8.49. The Morgan fingerprint density at radius 2 is 1.60 bits per heavy atom. The predicted octanol–water partition coefficient (Wildman–Crippen LogP) is -1.38. The van der Waals surface area contributed by atoms with Crippen LogP contribution in [-0.2, 0) is 13.9 Å². The number of hydrogen-bond acceptors (Lipinski definition) is 5. The maximum absolute atomic E-state index is 11.2. The topological polar surface area (TPSA) is 190 Å². The van der Waals surface area contributed by atoms with E-state index in [1.165, 1.54) is 0 Å². The quantitative estimate of drug-likeness (QED) is 0.197. The SMILES string of the molecule is NCCCC(=O)NCCCC(O)(P(=O)(O)O)P(=O)(O)O. The average Bonchev–Trinajstić information content (AvgIpc) is 2.28. The Kier molecular flexibility index (Phi) is 7.51. The Labute approximate surface area is 115 Å². The van der Waals surface area contributed by atoms with Gasteiger partial charge in [0.15, 0.2) is 0 Å². The van der Waals surface area contributed by atoms with Crippen molar-refractivity contribution in [3.05, 3.63) is 0 Å². The summed E-state index contributed by atoms with van der Waals surface area (Å²) in [4.78, 5) is 46.6. The number of carbonyl (C=O) groups excluding carboxylic acids is 1. The van der Waals surface area contributed by atoms with Crippen LogP contribution in [0.15, 0.2) is 0 Å². The summed E-state index contributed by atoms with van der Waals surface area (Å²) in [6, 6.07) is 0. The van der Waals surface area contributed by atoms with Crippen LogP contribution in [0.3, 0.4) is 0 Å². The van der Waals surface area contributed by atoms with Crippen molar-refractivity contribution in [3.63, 3.8) is 0 Å². The van der Waals surface area contributed by atoms with Gasteiger partial charge >= 0.3 is 15.2 Å². The third kappa shape index (κ3) is 5.59. The fourth-order valence-electron chi connectivity index (χ4n) is 1.37. The van der Waals surface area contributed by atoms with E-state index in [-0.39, 0.29) is 25.3 Å². The highest BCUT2D eigenvalue weighted by molar-refractivity contribution is 7.72. The second kappa shape index (κ2) is 7.63. The monoisotopic (exact) mass is 334 g/mol. The molecule has 0 saturated heterocycles. The lowest BCUT2D eigenvalue weighted by atomic mass is 10.3. The van der Waals surface area contributed by atoms with Crippen molar-refractivity contribution in [2.75, 3.05) is 13.1 Å². The summed E-state index contributed by atoms with van der Waals surface area (Å²) < 4.78 is 22.0. The summed E-state index contributed by atoms with van der Waals surface area (Å²) >= 11 is 0. The molecule has 0 aromatic heterocycles. The van der Waals surface area contributed by atoms with E-state index in [9.17, 15) is 19.0 Å². The Morgan fingerprint density at radius 3 is 2.00 bits per heavy atom. The minimum Gasteiger partial charge on any atom is -0.368 e. The number of hydrogen-bond donors (Lipinski definition) is 7. The number of amides is 1. The molecule has 0 heterocycles. The Morgan fingerprint density at radius 1 is 1.10 bits per heavy atom. The molecule has 0 fully saturated rings. The van der Waals surface area contributed by atoms with Crippen molar-refractivity contribution in [2.45, 2.75) is 30.8 Å². The number of nitrogens with one attached hydrogen (secondary N) is 1. The first kappa shape index (κ1) is 19.7. The smallest absolute Gasteiger partial charge is 0.368 e. The van der Waals surface area contributed by atoms with Crippen LogP contribution in [0, 0.1) is 0 Å². The maximum atomic E-state index is 11.2. The zero-order chi connectivity index (χ0) is 16.0. The van der Waals surface area contributed by atoms with Gasteiger partial charge in [0, 0.05) is 19.4 Å². The highest BCUT2D eigenvalue weighted by Crippen LogP contribution is 2.69. The Bertz CT molecular complexity index is 395. The summed E-state index contributed by atoms with van der Waals surface area (Å²) in [6.07, 6.45) is -0.404. The molecular weight excluding hydrogens is 314 g/mol. The molecule has 120 valence electrons. The molecule has 0 aromatic rings. The fourth-order valence-corrected chi connectivity index (χ4v) is 3.62. The van der Waals surface area contributed by atoms with Gasteiger partial charge in [-0.3, -0.25) is 13.9 Å². The van der Waals surface area contributed by atoms with Gasteiger partial charge in [0.05, 0.1) is 0 Å². The molecule has 0 radical (unpaired) electrons. The molecule has 12 heteroatoms. The van der Waals surface area contributed by atoms with Crippen molar-refractivity contribution in [2.24, 2.45) is 5.73 Å². The molecule has 0 saturated carbocycles. The first-order valence-corrected chi connectivity index (χ1v) is 8.98. The largest absolute Gasteiger partial charge is 0.369 e. The van der Waals surface area contributed by atoms with E-state index in [1.807, 2.05) is 0 Å². The molecule has 0 bridgehead atoms. The lowest BCUT2D eigenvalue weighted by molar-refractivity contribution is -0.121. The molecular formula is C8H20N2O8P2. The van der Waals surface area contributed by atoms with E-state index in [0.29, 0.717) is 13.0 Å². The molecule has 0 unspecified atom stereocenters. The van der Waals surface area contributed by atoms with Crippen molar-refractivity contribution >= 4 is 21.1 Å². The number of nitrogens with two attached hydrogens (primary N) is 1. The van der Waals surface area contributed by atoms with Crippen molar-refractivity contribution in [1.29, 1.82) is 0 Å². The van der Waals surface area contributed by atoms with E-state index in [4.69, 9.17) is 25.3 Å². The van der Waals surface area contributed by atoms with Gasteiger partial charge in [0.2, 0.25) is 5.91 Å². The minimum absolute atomic E-state index is 0.0777. The van der Waals surface area contributed by atoms with Crippen molar-refractivity contribution in [1.82, 2.24) is 5.32 Å². The van der Waals surface area contributed by atoms with Crippen LogP contribution in [0.5, 0.6) is 0 Å². The van der Waals surface area contributed by atoms with Gasteiger partial charge in [0.25, 0.3) is 5.08 Å². The molecule has 0 atom stereocenters. The second-order valence-electron chi connectivity index (χ2n) is 4.21. The van der Waals surface area contributed by atoms with E-state index in [1.54, 1.807) is 0 Å². The lowest BCUT2D eigenvalue weighted by Gasteiger charge is -2.29. The summed E-state index contributed by atoms with van der Waals surface area (Å²) in [5.74, 6) is -0.341. The highest BCUT2D eigenvalue weighted by Gasteiger charge is 2.58. The first-order valence-electron chi connectivity index (χ1n) is 5.76. The van der Waals surface area contributed by atoms with Gasteiger partial charge in [-0.25, -0.2) is 0 Å². The van der Waals surface area contributed by atoms with Gasteiger partial charge in [0.1, 0.15) is 0 Å². The predicted molar refractivity (Wildman–Crippen MR) is 69.6 cm³/mol. The number of rotatable bonds is 9. The molecule has 1 amide bonds. The third-order valence-electron chi connectivity index (χ3n) is 2.55. The number of carbonyl (C=O) groups is 1. The van der Waals surface area contributed by atoms with Crippen molar-refractivity contribution in [3.8, 4) is 0 Å².